The molecule has 2 heterocycles. The van der Waals surface area contributed by atoms with Gasteiger partial charge in [0.1, 0.15) is 11.5 Å². The molecule has 0 spiro atoms. The molecule has 1 fully saturated rings. The lowest BCUT2D eigenvalue weighted by molar-refractivity contribution is 0.0716. The number of hydrogen-bond donors (Lipinski definition) is 2. The number of aromatic nitrogens is 1. The van der Waals surface area contributed by atoms with Gasteiger partial charge in [-0.1, -0.05) is 30.3 Å². The fourth-order valence-electron chi connectivity index (χ4n) is 5.48. The number of nitrogens with zero attached hydrogens (tertiary/aromatic N) is 1. The smallest absolute Gasteiger partial charge is 0.119 e. The van der Waals surface area contributed by atoms with Crippen LogP contribution >= 0.6 is 11.6 Å². The van der Waals surface area contributed by atoms with Gasteiger partial charge in [-0.2, -0.15) is 0 Å². The summed E-state index contributed by atoms with van der Waals surface area (Å²) in [6.07, 6.45) is 3.25. The Hall–Kier alpha value is -2.43. The second kappa shape index (κ2) is 7.68. The average molecular weight is 423 g/mol. The topological polar surface area (TPSA) is 48.5 Å². The van der Waals surface area contributed by atoms with Gasteiger partial charge in [0.05, 0.1) is 13.2 Å². The number of aromatic amines is 1. The molecule has 3 aromatic rings. The molecular formula is C25H27ClN2O2. The summed E-state index contributed by atoms with van der Waals surface area (Å²) >= 11 is 6.28. The van der Waals surface area contributed by atoms with Crippen LogP contribution < -0.4 is 4.74 Å². The molecular weight excluding hydrogens is 396 g/mol. The lowest BCUT2D eigenvalue weighted by Gasteiger charge is -2.44. The molecule has 2 N–H and O–H groups in total. The van der Waals surface area contributed by atoms with Crippen LogP contribution in [0, 0.1) is 11.8 Å². The van der Waals surface area contributed by atoms with Gasteiger partial charge >= 0.3 is 0 Å². The summed E-state index contributed by atoms with van der Waals surface area (Å²) < 4.78 is 5.39. The van der Waals surface area contributed by atoms with Gasteiger partial charge in [0.2, 0.25) is 0 Å². The maximum atomic E-state index is 10.5. The van der Waals surface area contributed by atoms with Crippen LogP contribution in [0.5, 0.6) is 5.75 Å². The molecule has 5 heteroatoms. The molecule has 0 bridgehead atoms. The molecule has 1 aromatic heterocycles. The second-order valence-corrected chi connectivity index (χ2v) is 9.09. The fourth-order valence-corrected chi connectivity index (χ4v) is 5.65. The minimum Gasteiger partial charge on any atom is -0.511 e. The number of H-pyrrole nitrogens is 1. The third kappa shape index (κ3) is 3.38. The van der Waals surface area contributed by atoms with E-state index in [2.05, 4.69) is 28.6 Å². The Labute approximate surface area is 182 Å². The van der Waals surface area contributed by atoms with Crippen LogP contribution in [0.1, 0.15) is 29.3 Å². The van der Waals surface area contributed by atoms with Crippen LogP contribution in [0.2, 0.25) is 5.02 Å². The molecule has 30 heavy (non-hydrogen) atoms. The molecule has 1 saturated heterocycles. The average Bonchev–Trinajstić information content (AvgIpc) is 3.09. The Kier molecular flexibility index (Phi) is 5.00. The molecule has 1 aliphatic carbocycles. The molecule has 3 atom stereocenters. The van der Waals surface area contributed by atoms with Crippen LogP contribution in [-0.4, -0.2) is 35.2 Å². The highest BCUT2D eigenvalue weighted by Crippen LogP contribution is 2.42. The number of aliphatic hydroxyl groups excluding tert-OH is 1. The maximum Gasteiger partial charge on any atom is 0.119 e. The number of aliphatic hydroxyl groups is 1. The molecule has 2 aromatic carbocycles. The number of piperidine rings is 1. The zero-order valence-electron chi connectivity index (χ0n) is 17.2. The van der Waals surface area contributed by atoms with E-state index in [0.29, 0.717) is 11.8 Å². The van der Waals surface area contributed by atoms with Gasteiger partial charge in [0.15, 0.2) is 0 Å². The van der Waals surface area contributed by atoms with E-state index in [1.165, 1.54) is 22.2 Å². The molecule has 156 valence electrons. The number of hydrogen-bond acceptors (Lipinski definition) is 3. The van der Waals surface area contributed by atoms with Crippen LogP contribution in [-0.2, 0) is 12.8 Å². The summed E-state index contributed by atoms with van der Waals surface area (Å²) in [6, 6.07) is 13.9. The Balaban J connectivity index is 1.43. The lowest BCUT2D eigenvalue weighted by Crippen LogP contribution is -2.45. The first-order chi connectivity index (χ1) is 14.5. The predicted molar refractivity (Wildman–Crippen MR) is 121 cm³/mol. The van der Waals surface area contributed by atoms with Gasteiger partial charge < -0.3 is 14.8 Å². The summed E-state index contributed by atoms with van der Waals surface area (Å²) in [5, 5.41) is 12.5. The third-order valence-corrected chi connectivity index (χ3v) is 7.14. The minimum absolute atomic E-state index is 0.192. The number of halogens is 1. The first-order valence-electron chi connectivity index (χ1n) is 10.6. The number of likely N-dealkylation sites (tertiary alicyclic amines) is 1. The van der Waals surface area contributed by atoms with E-state index in [1.807, 2.05) is 30.3 Å². The van der Waals surface area contributed by atoms with Crippen molar-refractivity contribution in [3.05, 3.63) is 76.6 Å². The van der Waals surface area contributed by atoms with Crippen LogP contribution in [0.15, 0.2) is 54.8 Å². The van der Waals surface area contributed by atoms with Crippen molar-refractivity contribution >= 4 is 22.5 Å². The summed E-state index contributed by atoms with van der Waals surface area (Å²) in [5.41, 5.74) is 4.99. The highest BCUT2D eigenvalue weighted by atomic mass is 35.5. The Morgan fingerprint density at radius 2 is 2.10 bits per heavy atom. The van der Waals surface area contributed by atoms with Gasteiger partial charge in [-0.05, 0) is 79.1 Å². The zero-order chi connectivity index (χ0) is 20.8. The molecule has 0 amide bonds. The van der Waals surface area contributed by atoms with Crippen molar-refractivity contribution < 1.29 is 9.84 Å². The number of ether oxygens (including phenoxy) is 1. The molecule has 1 aliphatic heterocycles. The molecule has 4 nitrogen and oxygen atoms in total. The van der Waals surface area contributed by atoms with E-state index in [9.17, 15) is 5.11 Å². The van der Waals surface area contributed by atoms with Crippen LogP contribution in [0.3, 0.4) is 0 Å². The fraction of sp³-hybridized carbons (Fsp3) is 0.360. The van der Waals surface area contributed by atoms with Crippen molar-refractivity contribution in [3.8, 4) is 5.75 Å². The SMILES string of the molecule is C=C(O)C(c1cccc(OC)c1)N1CCC2Cc3[nH]c4ccc(Cl)cc4c3CC2C1. The quantitative estimate of drug-likeness (QED) is 0.532. The highest BCUT2D eigenvalue weighted by Gasteiger charge is 2.38. The van der Waals surface area contributed by atoms with Crippen LogP contribution in [0.25, 0.3) is 10.9 Å². The molecule has 3 unspecified atom stereocenters. The number of benzene rings is 2. The van der Waals surface area contributed by atoms with Crippen molar-refractivity contribution in [1.82, 2.24) is 9.88 Å². The van der Waals surface area contributed by atoms with Crippen LogP contribution in [0.4, 0.5) is 0 Å². The Morgan fingerprint density at radius 3 is 2.90 bits per heavy atom. The van der Waals surface area contributed by atoms with Gasteiger partial charge in [0.25, 0.3) is 0 Å². The monoisotopic (exact) mass is 422 g/mol. The van der Waals surface area contributed by atoms with E-state index in [1.54, 1.807) is 7.11 Å². The summed E-state index contributed by atoms with van der Waals surface area (Å²) in [6.45, 7) is 5.79. The van der Waals surface area contributed by atoms with Gasteiger partial charge in [-0.3, -0.25) is 4.90 Å². The largest absolute Gasteiger partial charge is 0.511 e. The third-order valence-electron chi connectivity index (χ3n) is 6.90. The van der Waals surface area contributed by atoms with E-state index >= 15 is 0 Å². The zero-order valence-corrected chi connectivity index (χ0v) is 18.0. The molecule has 0 saturated carbocycles. The Bertz CT molecular complexity index is 1110. The van der Waals surface area contributed by atoms with Crippen molar-refractivity contribution in [2.45, 2.75) is 25.3 Å². The first-order valence-corrected chi connectivity index (χ1v) is 11.0. The van der Waals surface area contributed by atoms with E-state index in [0.717, 1.165) is 48.7 Å². The second-order valence-electron chi connectivity index (χ2n) is 8.65. The van der Waals surface area contributed by atoms with Crippen molar-refractivity contribution in [2.75, 3.05) is 20.2 Å². The first kappa shape index (κ1) is 19.5. The van der Waals surface area contributed by atoms with E-state index in [4.69, 9.17) is 16.3 Å². The molecule has 5 rings (SSSR count). The maximum absolute atomic E-state index is 10.5. The Morgan fingerprint density at radius 1 is 1.23 bits per heavy atom. The number of rotatable bonds is 4. The minimum atomic E-state index is -0.208. The van der Waals surface area contributed by atoms with E-state index in [-0.39, 0.29) is 11.8 Å². The van der Waals surface area contributed by atoms with Gasteiger partial charge in [0, 0.05) is 28.2 Å². The highest BCUT2D eigenvalue weighted by molar-refractivity contribution is 6.31. The van der Waals surface area contributed by atoms with Crippen molar-refractivity contribution in [1.29, 1.82) is 0 Å². The lowest BCUT2D eigenvalue weighted by atomic mass is 9.73. The standard InChI is InChI=1S/C25H27ClN2O2/c1-15(29)25(17-4-3-5-20(10-17)30-2)28-9-8-16-12-24-21(11-18(16)14-28)22-13-19(26)6-7-23(22)27-24/h3-7,10,13,16,18,25,27,29H,1,8-9,11-12,14H2,2H3. The number of fused-ring (bicyclic) bond motifs is 4. The van der Waals surface area contributed by atoms with E-state index < -0.39 is 0 Å². The number of nitrogens with one attached hydrogen (secondary N) is 1. The summed E-state index contributed by atoms with van der Waals surface area (Å²) in [4.78, 5) is 6.01. The summed E-state index contributed by atoms with van der Waals surface area (Å²) in [7, 11) is 1.67. The van der Waals surface area contributed by atoms with Crippen molar-refractivity contribution in [3.63, 3.8) is 0 Å². The van der Waals surface area contributed by atoms with Gasteiger partial charge in [-0.15, -0.1) is 0 Å². The summed E-state index contributed by atoms with van der Waals surface area (Å²) in [5.74, 6) is 2.20. The number of methoxy groups -OCH3 is 1. The molecule has 2 aliphatic rings. The molecule has 0 radical (unpaired) electrons. The predicted octanol–water partition coefficient (Wildman–Crippen LogP) is 5.68. The van der Waals surface area contributed by atoms with Crippen molar-refractivity contribution in [2.24, 2.45) is 11.8 Å². The van der Waals surface area contributed by atoms with Gasteiger partial charge in [-0.25, -0.2) is 0 Å². The normalized spacial score (nSPS) is 22.3.